The summed E-state index contributed by atoms with van der Waals surface area (Å²) in [7, 11) is 0. The second-order valence-corrected chi connectivity index (χ2v) is 9.71. The number of hydrogen-bond donors (Lipinski definition) is 0. The highest BCUT2D eigenvalue weighted by Crippen LogP contribution is 2.40. The van der Waals surface area contributed by atoms with Gasteiger partial charge in [0.05, 0.1) is 42.8 Å². The second kappa shape index (κ2) is 10.9. The molecule has 0 bridgehead atoms. The summed E-state index contributed by atoms with van der Waals surface area (Å²) in [6.07, 6.45) is 1.52. The zero-order chi connectivity index (χ0) is 25.9. The predicted molar refractivity (Wildman–Crippen MR) is 137 cm³/mol. The molecule has 0 saturated carbocycles. The first-order valence-corrected chi connectivity index (χ1v) is 12.7. The van der Waals surface area contributed by atoms with Crippen molar-refractivity contribution in [3.8, 4) is 0 Å². The van der Waals surface area contributed by atoms with Gasteiger partial charge in [0.1, 0.15) is 11.5 Å². The molecule has 194 valence electrons. The Morgan fingerprint density at radius 2 is 1.59 bits per heavy atom. The van der Waals surface area contributed by atoms with Crippen molar-refractivity contribution in [1.82, 2.24) is 4.90 Å². The summed E-state index contributed by atoms with van der Waals surface area (Å²) in [5.41, 5.74) is 1.80. The van der Waals surface area contributed by atoms with Gasteiger partial charge >= 0.3 is 0 Å². The number of nitrogens with zero attached hydrogens (tertiary/aromatic N) is 4. The van der Waals surface area contributed by atoms with E-state index in [-0.39, 0.29) is 22.7 Å². The van der Waals surface area contributed by atoms with E-state index in [1.165, 1.54) is 30.3 Å². The van der Waals surface area contributed by atoms with Gasteiger partial charge in [0.15, 0.2) is 0 Å². The Kier molecular flexibility index (Phi) is 7.40. The highest BCUT2D eigenvalue weighted by Gasteiger charge is 2.36. The van der Waals surface area contributed by atoms with Crippen LogP contribution in [0.15, 0.2) is 41.3 Å². The maximum Gasteiger partial charge on any atom is 0.293 e. The molecule has 10 nitrogen and oxygen atoms in total. The van der Waals surface area contributed by atoms with E-state index in [4.69, 9.17) is 9.47 Å². The minimum atomic E-state index is -0.564. The third kappa shape index (κ3) is 5.31. The molecule has 0 aliphatic carbocycles. The Balaban J connectivity index is 1.53. The molecule has 2 aromatic rings. The first-order valence-electron chi connectivity index (χ1n) is 11.9. The molecule has 3 fully saturated rings. The van der Waals surface area contributed by atoms with Crippen molar-refractivity contribution in [1.29, 1.82) is 0 Å². The van der Waals surface area contributed by atoms with Crippen LogP contribution in [0, 0.1) is 15.9 Å². The molecule has 5 rings (SSSR count). The number of morpholine rings is 2. The van der Waals surface area contributed by atoms with Gasteiger partial charge in [-0.2, -0.15) is 0 Å². The van der Waals surface area contributed by atoms with E-state index in [0.717, 1.165) is 22.3 Å². The Bertz CT molecular complexity index is 1260. The van der Waals surface area contributed by atoms with E-state index in [2.05, 4.69) is 4.90 Å². The van der Waals surface area contributed by atoms with E-state index < -0.39 is 21.9 Å². The summed E-state index contributed by atoms with van der Waals surface area (Å²) in [6, 6.07) is 9.20. The van der Waals surface area contributed by atoms with Gasteiger partial charge < -0.3 is 19.3 Å². The summed E-state index contributed by atoms with van der Waals surface area (Å²) < 4.78 is 25.0. The Morgan fingerprint density at radius 3 is 2.22 bits per heavy atom. The SMILES string of the molecule is O=C1S/C(=C\c2cc([N+](=O)[O-])c(N3CCOCC3)cc2N2CCOCC2)C(=O)N1Cc1ccccc1F. The molecule has 37 heavy (non-hydrogen) atoms. The maximum atomic E-state index is 14.1. The molecule has 3 aliphatic heterocycles. The summed E-state index contributed by atoms with van der Waals surface area (Å²) in [4.78, 5) is 42.6. The highest BCUT2D eigenvalue weighted by molar-refractivity contribution is 8.18. The number of rotatable bonds is 6. The number of carbonyl (C=O) groups excluding carboxylic acids is 2. The number of amides is 2. The number of hydrogen-bond acceptors (Lipinski definition) is 9. The molecule has 3 heterocycles. The molecule has 12 heteroatoms. The molecule has 3 aliphatic rings. The third-order valence-corrected chi connectivity index (χ3v) is 7.38. The van der Waals surface area contributed by atoms with Crippen LogP contribution >= 0.6 is 11.8 Å². The molecule has 0 atom stereocenters. The van der Waals surface area contributed by atoms with Crippen LogP contribution in [0.4, 0.5) is 26.2 Å². The van der Waals surface area contributed by atoms with Crippen molar-refractivity contribution < 1.29 is 28.4 Å². The van der Waals surface area contributed by atoms with Crippen LogP contribution in [-0.4, -0.2) is 73.6 Å². The molecule has 0 radical (unpaired) electrons. The number of benzene rings is 2. The first kappa shape index (κ1) is 25.2. The number of nitro benzene ring substituents is 1. The molecule has 0 spiro atoms. The molecule has 2 amide bonds. The molecular formula is C25H25FN4O6S. The van der Waals surface area contributed by atoms with Crippen LogP contribution in [0.5, 0.6) is 0 Å². The molecule has 0 aromatic heterocycles. The standard InChI is InChI=1S/C25H25FN4O6S/c26-19-4-2-1-3-17(19)16-29-24(31)23(37-25(29)32)14-18-13-22(30(33)34)21(28-7-11-36-12-8-28)15-20(18)27-5-9-35-10-6-27/h1-4,13-15H,5-12,16H2/b23-14-. The molecule has 0 unspecified atom stereocenters. The zero-order valence-corrected chi connectivity index (χ0v) is 20.7. The summed E-state index contributed by atoms with van der Waals surface area (Å²) in [5.74, 6) is -1.07. The van der Waals surface area contributed by atoms with E-state index in [1.807, 2.05) is 4.90 Å². The van der Waals surface area contributed by atoms with Gasteiger partial charge in [0.25, 0.3) is 16.8 Å². The van der Waals surface area contributed by atoms with E-state index in [0.29, 0.717) is 63.9 Å². The topological polar surface area (TPSA) is 105 Å². The lowest BCUT2D eigenvalue weighted by molar-refractivity contribution is -0.384. The number of halogens is 1. The van der Waals surface area contributed by atoms with Crippen molar-refractivity contribution in [3.05, 3.63) is 68.4 Å². The van der Waals surface area contributed by atoms with E-state index >= 15 is 0 Å². The minimum Gasteiger partial charge on any atom is -0.378 e. The zero-order valence-electron chi connectivity index (χ0n) is 19.9. The van der Waals surface area contributed by atoms with Crippen molar-refractivity contribution in [2.75, 3.05) is 62.4 Å². The molecule has 3 saturated heterocycles. The smallest absolute Gasteiger partial charge is 0.293 e. The lowest BCUT2D eigenvalue weighted by Gasteiger charge is -2.33. The van der Waals surface area contributed by atoms with Crippen molar-refractivity contribution in [2.45, 2.75) is 6.54 Å². The lowest BCUT2D eigenvalue weighted by atomic mass is 10.1. The number of anilines is 2. The van der Waals surface area contributed by atoms with Gasteiger partial charge in [-0.3, -0.25) is 24.6 Å². The van der Waals surface area contributed by atoms with E-state index in [1.54, 1.807) is 12.1 Å². The van der Waals surface area contributed by atoms with Crippen LogP contribution in [-0.2, 0) is 20.8 Å². The van der Waals surface area contributed by atoms with Gasteiger partial charge in [-0.05, 0) is 30.0 Å². The van der Waals surface area contributed by atoms with Crippen LogP contribution in [0.1, 0.15) is 11.1 Å². The Labute approximate surface area is 216 Å². The largest absolute Gasteiger partial charge is 0.378 e. The average Bonchev–Trinajstić information content (AvgIpc) is 3.18. The van der Waals surface area contributed by atoms with Crippen LogP contribution in [0.2, 0.25) is 0 Å². The summed E-state index contributed by atoms with van der Waals surface area (Å²) in [6.45, 7) is 3.97. The summed E-state index contributed by atoms with van der Waals surface area (Å²) in [5, 5.41) is 11.5. The van der Waals surface area contributed by atoms with Gasteiger partial charge in [-0.15, -0.1) is 0 Å². The average molecular weight is 529 g/mol. The fourth-order valence-corrected chi connectivity index (χ4v) is 5.38. The molecule has 2 aromatic carbocycles. The number of carbonyl (C=O) groups is 2. The fraction of sp³-hybridized carbons (Fsp3) is 0.360. The van der Waals surface area contributed by atoms with Crippen LogP contribution < -0.4 is 9.80 Å². The van der Waals surface area contributed by atoms with Crippen LogP contribution in [0.3, 0.4) is 0 Å². The normalized spacial score (nSPS) is 19.7. The number of thioether (sulfide) groups is 1. The minimum absolute atomic E-state index is 0.0873. The predicted octanol–water partition coefficient (Wildman–Crippen LogP) is 3.64. The first-order chi connectivity index (χ1) is 17.9. The fourth-order valence-electron chi connectivity index (χ4n) is 4.55. The molecular weight excluding hydrogens is 503 g/mol. The number of nitro groups is 1. The van der Waals surface area contributed by atoms with Gasteiger partial charge in [0.2, 0.25) is 0 Å². The summed E-state index contributed by atoms with van der Waals surface area (Å²) >= 11 is 0.740. The highest BCUT2D eigenvalue weighted by atomic mass is 32.2. The van der Waals surface area contributed by atoms with Gasteiger partial charge in [-0.25, -0.2) is 4.39 Å². The number of ether oxygens (including phenoxy) is 2. The number of imide groups is 1. The maximum absolute atomic E-state index is 14.1. The van der Waals surface area contributed by atoms with Crippen LogP contribution in [0.25, 0.3) is 6.08 Å². The Morgan fingerprint density at radius 1 is 0.973 bits per heavy atom. The quantitative estimate of drug-likeness (QED) is 0.316. The molecule has 0 N–H and O–H groups in total. The van der Waals surface area contributed by atoms with Gasteiger partial charge in [0, 0.05) is 49.1 Å². The van der Waals surface area contributed by atoms with Crippen molar-refractivity contribution in [2.24, 2.45) is 0 Å². The second-order valence-electron chi connectivity index (χ2n) is 8.71. The van der Waals surface area contributed by atoms with Crippen molar-refractivity contribution >= 4 is 46.0 Å². The monoisotopic (exact) mass is 528 g/mol. The van der Waals surface area contributed by atoms with Crippen molar-refractivity contribution in [3.63, 3.8) is 0 Å². The van der Waals surface area contributed by atoms with E-state index in [9.17, 15) is 24.1 Å². The lowest BCUT2D eigenvalue weighted by Crippen LogP contribution is -2.38. The Hall–Kier alpha value is -3.48. The van der Waals surface area contributed by atoms with Gasteiger partial charge in [-0.1, -0.05) is 18.2 Å². The third-order valence-electron chi connectivity index (χ3n) is 6.47.